The lowest BCUT2D eigenvalue weighted by atomic mass is 9.69. The Bertz CT molecular complexity index is 2340. The number of hydrogen-bond donors (Lipinski definition) is 2. The minimum Gasteiger partial charge on any atom is -0.508 e. The van der Waals surface area contributed by atoms with Crippen LogP contribution in [0.15, 0.2) is 84.9 Å². The van der Waals surface area contributed by atoms with Gasteiger partial charge in [0.1, 0.15) is 24.1 Å². The number of fused-ring (bicyclic) bond motifs is 6. The lowest BCUT2D eigenvalue weighted by Crippen LogP contribution is -2.59. The molecule has 0 bridgehead atoms. The second-order valence-electron chi connectivity index (χ2n) is 18.2. The van der Waals surface area contributed by atoms with Gasteiger partial charge in [-0.15, -0.1) is 0 Å². The number of aryl methyl sites for hydroxylation is 1. The van der Waals surface area contributed by atoms with Crippen LogP contribution in [0.3, 0.4) is 0 Å². The van der Waals surface area contributed by atoms with Gasteiger partial charge in [0.05, 0.1) is 31.5 Å². The van der Waals surface area contributed by atoms with Gasteiger partial charge in [-0.05, 0) is 83.8 Å². The number of benzene rings is 4. The van der Waals surface area contributed by atoms with Gasteiger partial charge in [0.15, 0.2) is 5.79 Å². The van der Waals surface area contributed by atoms with Crippen molar-refractivity contribution < 1.29 is 33.7 Å². The highest BCUT2D eigenvalue weighted by Crippen LogP contribution is 2.48. The molecular weight excluding hydrogens is 771 g/mol. The molecule has 1 aliphatic carbocycles. The number of phenols is 1. The molecule has 0 radical (unpaired) electrons. The van der Waals surface area contributed by atoms with E-state index in [0.717, 1.165) is 82.0 Å². The SMILES string of the molecule is O=C1CCC(N2Cc3c(ccc4c3OC[C@H]3CN(CC5COC6(CCN(c7ccc([C@@H]8c9ccc(O)cc9CC[C@@H]8c8ccccc8)cc7)CC6)OC5)CCN43)C2=O)C(=O)N1. The molecule has 4 fully saturated rings. The molecule has 2 N–H and O–H groups in total. The zero-order valence-corrected chi connectivity index (χ0v) is 34.5. The number of hydrogen-bond acceptors (Lipinski definition) is 10. The van der Waals surface area contributed by atoms with Crippen molar-refractivity contribution in [1.82, 2.24) is 15.1 Å². The zero-order valence-electron chi connectivity index (χ0n) is 34.5. The Labute approximate surface area is 356 Å². The van der Waals surface area contributed by atoms with Crippen LogP contribution in [0, 0.1) is 5.92 Å². The fourth-order valence-electron chi connectivity index (χ4n) is 11.4. The first-order valence-corrected chi connectivity index (χ1v) is 22.2. The molecule has 316 valence electrons. The van der Waals surface area contributed by atoms with E-state index in [4.69, 9.17) is 14.2 Å². The molecule has 6 aliphatic heterocycles. The van der Waals surface area contributed by atoms with E-state index in [1.807, 2.05) is 24.3 Å². The Morgan fingerprint density at radius 3 is 2.38 bits per heavy atom. The molecule has 4 aromatic carbocycles. The zero-order chi connectivity index (χ0) is 41.2. The van der Waals surface area contributed by atoms with Crippen LogP contribution in [0.4, 0.5) is 11.4 Å². The highest BCUT2D eigenvalue weighted by Gasteiger charge is 2.45. The van der Waals surface area contributed by atoms with Gasteiger partial charge >= 0.3 is 0 Å². The lowest BCUT2D eigenvalue weighted by molar-refractivity contribution is -0.291. The van der Waals surface area contributed by atoms with Crippen LogP contribution in [0.2, 0.25) is 0 Å². The van der Waals surface area contributed by atoms with Crippen LogP contribution in [-0.2, 0) is 32.0 Å². The predicted molar refractivity (Wildman–Crippen MR) is 229 cm³/mol. The second kappa shape index (κ2) is 15.5. The predicted octanol–water partition coefficient (Wildman–Crippen LogP) is 5.56. The van der Waals surface area contributed by atoms with Crippen molar-refractivity contribution in [1.29, 1.82) is 0 Å². The van der Waals surface area contributed by atoms with Gasteiger partial charge in [-0.2, -0.15) is 0 Å². The second-order valence-corrected chi connectivity index (χ2v) is 18.2. The molecule has 0 saturated carbocycles. The molecule has 12 nitrogen and oxygen atoms in total. The monoisotopic (exact) mass is 823 g/mol. The normalized spacial score (nSPS) is 26.3. The van der Waals surface area contributed by atoms with Crippen molar-refractivity contribution in [3.05, 3.63) is 118 Å². The fourth-order valence-corrected chi connectivity index (χ4v) is 11.4. The van der Waals surface area contributed by atoms with E-state index >= 15 is 0 Å². The van der Waals surface area contributed by atoms with Crippen LogP contribution in [0.5, 0.6) is 11.5 Å². The summed E-state index contributed by atoms with van der Waals surface area (Å²) >= 11 is 0. The standard InChI is InChI=1S/C49H53N5O7/c55-37-11-13-39-34(24-37)8-12-38(32-4-2-1-3-5-32)45(39)33-6-9-35(10-7-33)52-20-18-49(19-21-52)60-28-31(29-61-49)25-51-22-23-53-36(26-51)30-59-46-41-27-54(43-16-17-44(56)50-47(43)57)48(58)40(41)14-15-42(46)53/h1-7,9-11,13-15,24,31,36,38,43,45,55H,8,12,16-23,25-30H2,(H,50,56,57)/t36-,38-,43?,45+/m1/s1. The summed E-state index contributed by atoms with van der Waals surface area (Å²) in [6.45, 7) is 7.50. The fraction of sp³-hybridized carbons (Fsp3) is 0.449. The molecule has 7 aliphatic rings. The maximum atomic E-state index is 13.4. The number of imide groups is 1. The third-order valence-electron chi connectivity index (χ3n) is 14.6. The van der Waals surface area contributed by atoms with Crippen LogP contribution < -0.4 is 19.9 Å². The molecule has 1 spiro atoms. The lowest BCUT2D eigenvalue weighted by Gasteiger charge is -2.48. The van der Waals surface area contributed by atoms with Gasteiger partial charge in [0.2, 0.25) is 11.8 Å². The van der Waals surface area contributed by atoms with E-state index in [1.54, 1.807) is 4.90 Å². The number of piperazine rings is 1. The van der Waals surface area contributed by atoms with Crippen molar-refractivity contribution in [2.24, 2.45) is 5.92 Å². The Kier molecular flexibility index (Phi) is 9.77. The van der Waals surface area contributed by atoms with E-state index in [1.165, 1.54) is 27.9 Å². The van der Waals surface area contributed by atoms with Crippen LogP contribution in [-0.4, -0.2) is 110 Å². The summed E-state index contributed by atoms with van der Waals surface area (Å²) in [6.07, 6.45) is 4.24. The molecule has 6 heterocycles. The Morgan fingerprint density at radius 1 is 0.787 bits per heavy atom. The number of ether oxygens (including phenoxy) is 3. The van der Waals surface area contributed by atoms with Gasteiger partial charge in [0, 0.05) is 87.2 Å². The van der Waals surface area contributed by atoms with Gasteiger partial charge in [-0.25, -0.2) is 0 Å². The van der Waals surface area contributed by atoms with E-state index in [0.29, 0.717) is 55.9 Å². The average molecular weight is 824 g/mol. The van der Waals surface area contributed by atoms with Crippen molar-refractivity contribution in [2.75, 3.05) is 68.9 Å². The number of carbonyl (C=O) groups excluding carboxylic acids is 3. The number of nitrogens with zero attached hydrogens (tertiary/aromatic N) is 4. The Hall–Kier alpha value is -5.43. The highest BCUT2D eigenvalue weighted by atomic mass is 16.7. The molecule has 0 aromatic heterocycles. The molecular formula is C49H53N5O7. The molecule has 1 unspecified atom stereocenters. The van der Waals surface area contributed by atoms with Crippen LogP contribution >= 0.6 is 0 Å². The van der Waals surface area contributed by atoms with Gasteiger partial charge in [0.25, 0.3) is 5.91 Å². The van der Waals surface area contributed by atoms with Crippen molar-refractivity contribution in [3.63, 3.8) is 0 Å². The summed E-state index contributed by atoms with van der Waals surface area (Å²) in [5.41, 5.74) is 8.90. The summed E-state index contributed by atoms with van der Waals surface area (Å²) in [7, 11) is 0. The van der Waals surface area contributed by atoms with Crippen LogP contribution in [0.1, 0.15) is 82.1 Å². The molecule has 4 saturated heterocycles. The van der Waals surface area contributed by atoms with E-state index in [-0.39, 0.29) is 30.2 Å². The van der Waals surface area contributed by atoms with E-state index in [9.17, 15) is 19.5 Å². The van der Waals surface area contributed by atoms with Crippen molar-refractivity contribution in [2.45, 2.75) is 74.8 Å². The quantitative estimate of drug-likeness (QED) is 0.239. The first-order chi connectivity index (χ1) is 29.8. The minimum atomic E-state index is -0.647. The summed E-state index contributed by atoms with van der Waals surface area (Å²) in [4.78, 5) is 46.7. The van der Waals surface area contributed by atoms with Gasteiger partial charge in [-0.3, -0.25) is 24.6 Å². The number of phenolic OH excluding ortho intramolecular Hbond substituents is 1. The number of anilines is 2. The van der Waals surface area contributed by atoms with Gasteiger partial charge in [-0.1, -0.05) is 48.5 Å². The number of nitrogens with one attached hydrogen (secondary N) is 1. The molecule has 4 atom stereocenters. The molecule has 61 heavy (non-hydrogen) atoms. The number of aromatic hydroxyl groups is 1. The van der Waals surface area contributed by atoms with E-state index < -0.39 is 17.7 Å². The molecule has 3 amide bonds. The number of amides is 3. The maximum Gasteiger partial charge on any atom is 0.255 e. The largest absolute Gasteiger partial charge is 0.508 e. The summed E-state index contributed by atoms with van der Waals surface area (Å²) in [5.74, 6) is 0.590. The smallest absolute Gasteiger partial charge is 0.255 e. The summed E-state index contributed by atoms with van der Waals surface area (Å²) < 4.78 is 19.6. The van der Waals surface area contributed by atoms with Crippen molar-refractivity contribution in [3.8, 4) is 11.5 Å². The molecule has 4 aromatic rings. The van der Waals surface area contributed by atoms with Crippen LogP contribution in [0.25, 0.3) is 0 Å². The highest BCUT2D eigenvalue weighted by molar-refractivity contribution is 6.06. The first kappa shape index (κ1) is 38.5. The Morgan fingerprint density at radius 2 is 1.59 bits per heavy atom. The third kappa shape index (κ3) is 7.02. The first-order valence-electron chi connectivity index (χ1n) is 22.2. The Balaban J connectivity index is 0.681. The summed E-state index contributed by atoms with van der Waals surface area (Å²) in [5, 5.41) is 12.6. The third-order valence-corrected chi connectivity index (χ3v) is 14.6. The van der Waals surface area contributed by atoms with Gasteiger partial charge < -0.3 is 34.0 Å². The number of piperidine rings is 2. The molecule has 12 heteroatoms. The number of carbonyl (C=O) groups is 3. The average Bonchev–Trinajstić information content (AvgIpc) is 3.63. The minimum absolute atomic E-state index is 0.180. The maximum absolute atomic E-state index is 13.4. The van der Waals surface area contributed by atoms with E-state index in [2.05, 4.69) is 80.7 Å². The summed E-state index contributed by atoms with van der Waals surface area (Å²) in [6, 6.07) is 29.4. The molecule has 11 rings (SSSR count). The van der Waals surface area contributed by atoms with Crippen molar-refractivity contribution >= 4 is 29.1 Å². The topological polar surface area (TPSA) is 124 Å². The number of rotatable bonds is 6.